The van der Waals surface area contributed by atoms with E-state index in [-0.39, 0.29) is 11.5 Å². The Bertz CT molecular complexity index is 594. The number of aromatic hydroxyl groups is 1. The maximum absolute atomic E-state index is 10.4. The van der Waals surface area contributed by atoms with Crippen molar-refractivity contribution in [2.45, 2.75) is 89.1 Å². The van der Waals surface area contributed by atoms with Gasteiger partial charge in [-0.3, -0.25) is 0 Å². The Morgan fingerprint density at radius 3 is 2.56 bits per heavy atom. The Labute approximate surface area is 152 Å². The molecule has 138 valence electrons. The van der Waals surface area contributed by atoms with E-state index in [9.17, 15) is 10.2 Å². The van der Waals surface area contributed by atoms with Crippen molar-refractivity contribution in [3.8, 4) is 5.75 Å². The fourth-order valence-corrected chi connectivity index (χ4v) is 6.98. The average molecular weight is 343 g/mol. The van der Waals surface area contributed by atoms with E-state index in [1.54, 1.807) is 6.07 Å². The summed E-state index contributed by atoms with van der Waals surface area (Å²) in [6.07, 6.45) is 13.4. The van der Waals surface area contributed by atoms with Crippen molar-refractivity contribution in [2.75, 3.05) is 0 Å². The molecular weight excluding hydrogens is 308 g/mol. The molecule has 4 aliphatic carbocycles. The van der Waals surface area contributed by atoms with Crippen LogP contribution in [-0.2, 0) is 5.41 Å². The molecule has 0 aliphatic heterocycles. The largest absolute Gasteiger partial charge is 0.508 e. The Morgan fingerprint density at radius 2 is 1.88 bits per heavy atom. The summed E-state index contributed by atoms with van der Waals surface area (Å²) in [6.45, 7) is 2.20. The van der Waals surface area contributed by atoms with Gasteiger partial charge >= 0.3 is 0 Å². The molecule has 4 bridgehead atoms. The summed E-state index contributed by atoms with van der Waals surface area (Å²) in [5.74, 6) is 2.13. The predicted octanol–water partition coefficient (Wildman–Crippen LogP) is 5.56. The Morgan fingerprint density at radius 1 is 1.12 bits per heavy atom. The first-order chi connectivity index (χ1) is 12.0. The molecule has 0 radical (unpaired) electrons. The van der Waals surface area contributed by atoms with Crippen molar-refractivity contribution in [1.82, 2.24) is 0 Å². The Hall–Kier alpha value is -1.02. The van der Waals surface area contributed by atoms with E-state index in [2.05, 4.69) is 13.0 Å². The number of hydrogen-bond donors (Lipinski definition) is 2. The highest BCUT2D eigenvalue weighted by atomic mass is 16.3. The number of aliphatic hydroxyl groups excluding tert-OH is 1. The van der Waals surface area contributed by atoms with Crippen LogP contribution in [0.1, 0.15) is 83.1 Å². The smallest absolute Gasteiger partial charge is 0.115 e. The highest BCUT2D eigenvalue weighted by Crippen LogP contribution is 2.67. The van der Waals surface area contributed by atoms with Crippen LogP contribution in [0.2, 0.25) is 0 Å². The number of hydrogen-bond acceptors (Lipinski definition) is 2. The molecule has 1 aromatic rings. The second kappa shape index (κ2) is 6.61. The summed E-state index contributed by atoms with van der Waals surface area (Å²) in [5.41, 5.74) is 2.11. The monoisotopic (exact) mass is 342 g/mol. The van der Waals surface area contributed by atoms with E-state index in [0.717, 1.165) is 31.1 Å². The topological polar surface area (TPSA) is 40.5 Å². The number of unbranched alkanes of at least 4 members (excludes halogenated alkanes) is 1. The van der Waals surface area contributed by atoms with Gasteiger partial charge in [-0.15, -0.1) is 0 Å². The minimum atomic E-state index is -0.107. The molecule has 25 heavy (non-hydrogen) atoms. The second-order valence-electron chi connectivity index (χ2n) is 9.63. The van der Waals surface area contributed by atoms with Crippen LogP contribution in [0.25, 0.3) is 0 Å². The van der Waals surface area contributed by atoms with Crippen molar-refractivity contribution in [3.63, 3.8) is 0 Å². The Balaban J connectivity index is 1.53. The van der Waals surface area contributed by atoms with Gasteiger partial charge in [-0.1, -0.05) is 31.9 Å². The van der Waals surface area contributed by atoms with Crippen LogP contribution >= 0.6 is 0 Å². The van der Waals surface area contributed by atoms with Crippen molar-refractivity contribution >= 4 is 0 Å². The van der Waals surface area contributed by atoms with Crippen LogP contribution in [0.3, 0.4) is 0 Å². The first-order valence-electron chi connectivity index (χ1n) is 10.5. The third kappa shape index (κ3) is 3.35. The molecule has 3 unspecified atom stereocenters. The highest BCUT2D eigenvalue weighted by Gasteiger charge is 2.57. The first-order valence-corrected chi connectivity index (χ1v) is 10.5. The first kappa shape index (κ1) is 17.4. The summed E-state index contributed by atoms with van der Waals surface area (Å²) < 4.78 is 0. The molecule has 4 fully saturated rings. The highest BCUT2D eigenvalue weighted by molar-refractivity contribution is 5.36. The molecule has 0 heterocycles. The lowest BCUT2D eigenvalue weighted by Crippen LogP contribution is -2.54. The number of aliphatic hydroxyl groups is 1. The lowest BCUT2D eigenvalue weighted by Gasteiger charge is -2.63. The van der Waals surface area contributed by atoms with E-state index in [1.807, 2.05) is 12.1 Å². The SMILES string of the molecule is CCCCC(O)CCC12CC3CC(C1)CC(c1cccc(O)c1)(C3)C2. The third-order valence-electron chi connectivity index (χ3n) is 7.54. The summed E-state index contributed by atoms with van der Waals surface area (Å²) in [4.78, 5) is 0. The number of rotatable bonds is 7. The van der Waals surface area contributed by atoms with Crippen LogP contribution < -0.4 is 0 Å². The van der Waals surface area contributed by atoms with E-state index >= 15 is 0 Å². The normalized spacial score (nSPS) is 37.4. The second-order valence-corrected chi connectivity index (χ2v) is 9.63. The number of phenolic OH excluding ortho intramolecular Hbond substituents is 1. The standard InChI is InChI=1S/C23H34O2/c1-2-3-6-20(24)8-9-22-12-17-10-18(13-22)15-23(14-17,16-22)19-5-4-7-21(25)11-19/h4-5,7,11,17-18,20,24-25H,2-3,6,8-10,12-16H2,1H3. The quantitative estimate of drug-likeness (QED) is 0.681. The number of benzene rings is 1. The maximum atomic E-state index is 10.4. The minimum Gasteiger partial charge on any atom is -0.508 e. The molecule has 0 aromatic heterocycles. The average Bonchev–Trinajstić information content (AvgIpc) is 2.57. The molecule has 5 rings (SSSR count). The molecule has 2 nitrogen and oxygen atoms in total. The number of phenols is 1. The summed E-state index contributed by atoms with van der Waals surface area (Å²) in [7, 11) is 0. The van der Waals surface area contributed by atoms with Gasteiger partial charge in [0.15, 0.2) is 0 Å². The molecule has 4 aliphatic rings. The predicted molar refractivity (Wildman–Crippen MR) is 102 cm³/mol. The van der Waals surface area contributed by atoms with E-state index in [1.165, 1.54) is 56.9 Å². The van der Waals surface area contributed by atoms with E-state index in [0.29, 0.717) is 11.2 Å². The Kier molecular flexibility index (Phi) is 4.60. The van der Waals surface area contributed by atoms with Gasteiger partial charge in [-0.25, -0.2) is 0 Å². The molecule has 3 atom stereocenters. The van der Waals surface area contributed by atoms with Gasteiger partial charge in [0.25, 0.3) is 0 Å². The molecular formula is C23H34O2. The molecule has 0 spiro atoms. The van der Waals surface area contributed by atoms with Crippen LogP contribution in [0.5, 0.6) is 5.75 Å². The molecule has 4 saturated carbocycles. The molecule has 0 amide bonds. The fourth-order valence-electron chi connectivity index (χ4n) is 6.98. The lowest BCUT2D eigenvalue weighted by molar-refractivity contribution is -0.0812. The van der Waals surface area contributed by atoms with Gasteiger partial charge in [0.2, 0.25) is 0 Å². The molecule has 0 saturated heterocycles. The van der Waals surface area contributed by atoms with Crippen LogP contribution in [-0.4, -0.2) is 16.3 Å². The van der Waals surface area contributed by atoms with Gasteiger partial charge in [0, 0.05) is 0 Å². The minimum absolute atomic E-state index is 0.107. The van der Waals surface area contributed by atoms with Crippen molar-refractivity contribution in [1.29, 1.82) is 0 Å². The van der Waals surface area contributed by atoms with Gasteiger partial charge < -0.3 is 10.2 Å². The van der Waals surface area contributed by atoms with Crippen molar-refractivity contribution in [2.24, 2.45) is 17.3 Å². The van der Waals surface area contributed by atoms with Gasteiger partial charge in [0.05, 0.1) is 6.10 Å². The lowest BCUT2D eigenvalue weighted by atomic mass is 9.42. The van der Waals surface area contributed by atoms with Crippen LogP contribution in [0, 0.1) is 17.3 Å². The zero-order chi connectivity index (χ0) is 17.5. The van der Waals surface area contributed by atoms with Crippen LogP contribution in [0.4, 0.5) is 0 Å². The zero-order valence-electron chi connectivity index (χ0n) is 15.7. The van der Waals surface area contributed by atoms with E-state index in [4.69, 9.17) is 0 Å². The zero-order valence-corrected chi connectivity index (χ0v) is 15.7. The van der Waals surface area contributed by atoms with Gasteiger partial charge in [-0.2, -0.15) is 0 Å². The maximum Gasteiger partial charge on any atom is 0.115 e. The van der Waals surface area contributed by atoms with Crippen molar-refractivity contribution < 1.29 is 10.2 Å². The fraction of sp³-hybridized carbons (Fsp3) is 0.739. The van der Waals surface area contributed by atoms with Gasteiger partial charge in [0.1, 0.15) is 5.75 Å². The van der Waals surface area contributed by atoms with Crippen molar-refractivity contribution in [3.05, 3.63) is 29.8 Å². The molecule has 1 aromatic carbocycles. The van der Waals surface area contributed by atoms with E-state index < -0.39 is 0 Å². The summed E-state index contributed by atoms with van der Waals surface area (Å²) >= 11 is 0. The third-order valence-corrected chi connectivity index (χ3v) is 7.54. The van der Waals surface area contributed by atoms with Crippen LogP contribution in [0.15, 0.2) is 24.3 Å². The molecule has 2 N–H and O–H groups in total. The summed E-state index contributed by atoms with van der Waals surface area (Å²) in [5, 5.41) is 20.4. The molecule has 2 heteroatoms. The van der Waals surface area contributed by atoms with Gasteiger partial charge in [-0.05, 0) is 98.1 Å². The summed E-state index contributed by atoms with van der Waals surface area (Å²) in [6, 6.07) is 8.09.